The average molecular weight is 305 g/mol. The number of hydrogen-bond donors (Lipinski definition) is 0. The lowest BCUT2D eigenvalue weighted by Crippen LogP contribution is -2.16. The molecule has 0 bridgehead atoms. The summed E-state index contributed by atoms with van der Waals surface area (Å²) in [6.45, 7) is 1.73. The van der Waals surface area contributed by atoms with Crippen LogP contribution in [0.4, 0.5) is 0 Å². The van der Waals surface area contributed by atoms with Crippen molar-refractivity contribution in [1.82, 2.24) is 0 Å². The number of aryl methyl sites for hydroxylation is 1. The Kier molecular flexibility index (Phi) is 4.60. The highest BCUT2D eigenvalue weighted by molar-refractivity contribution is 6.41. The second kappa shape index (κ2) is 6.41. The van der Waals surface area contributed by atoms with Crippen molar-refractivity contribution in [2.24, 2.45) is 0 Å². The number of rotatable bonds is 4. The summed E-state index contributed by atoms with van der Waals surface area (Å²) in [4.78, 5) is 23.0. The molecule has 2 rings (SSSR count). The van der Waals surface area contributed by atoms with Crippen LogP contribution in [-0.4, -0.2) is 18.9 Å². The molecule has 0 atom stereocenters. The normalized spacial score (nSPS) is 10.0. The monoisotopic (exact) mass is 304 g/mol. The van der Waals surface area contributed by atoms with Crippen molar-refractivity contribution in [3.8, 4) is 11.5 Å². The first-order chi connectivity index (χ1) is 10.0. The summed E-state index contributed by atoms with van der Waals surface area (Å²) in [5.74, 6) is -0.361. The number of esters is 1. The van der Waals surface area contributed by atoms with E-state index in [4.69, 9.17) is 16.3 Å². The molecule has 0 aromatic heterocycles. The Morgan fingerprint density at radius 3 is 2.19 bits per heavy atom. The Morgan fingerprint density at radius 2 is 1.62 bits per heavy atom. The van der Waals surface area contributed by atoms with Crippen molar-refractivity contribution in [3.63, 3.8) is 0 Å². The lowest BCUT2D eigenvalue weighted by atomic mass is 10.0. The van der Waals surface area contributed by atoms with E-state index in [1.54, 1.807) is 49.4 Å². The summed E-state index contributed by atoms with van der Waals surface area (Å²) >= 11 is 5.80. The van der Waals surface area contributed by atoms with Crippen LogP contribution in [0.25, 0.3) is 0 Å². The Hall–Kier alpha value is -2.33. The number of ketones is 1. The summed E-state index contributed by atoms with van der Waals surface area (Å²) in [5.41, 5.74) is 0.933. The maximum Gasteiger partial charge on any atom is 0.379 e. The van der Waals surface area contributed by atoms with E-state index in [9.17, 15) is 9.59 Å². The zero-order valence-electron chi connectivity index (χ0n) is 11.6. The van der Waals surface area contributed by atoms with E-state index >= 15 is 0 Å². The molecule has 0 unspecified atom stereocenters. The minimum Gasteiger partial charge on any atom is -0.463 e. The molecule has 0 amide bonds. The number of benzene rings is 2. The van der Waals surface area contributed by atoms with Crippen LogP contribution in [0.15, 0.2) is 42.5 Å². The maximum absolute atomic E-state index is 11.8. The van der Waals surface area contributed by atoms with E-state index in [0.717, 1.165) is 0 Å². The summed E-state index contributed by atoms with van der Waals surface area (Å²) in [6.07, 6.45) is 0. The number of carbonyl (C=O) groups excluding carboxylic acids is 2. The van der Waals surface area contributed by atoms with Gasteiger partial charge in [-0.1, -0.05) is 11.6 Å². The topological polar surface area (TPSA) is 52.6 Å². The van der Waals surface area contributed by atoms with E-state index in [-0.39, 0.29) is 0 Å². The van der Waals surface area contributed by atoms with E-state index in [1.807, 2.05) is 0 Å². The molecule has 0 N–H and O–H groups in total. The van der Waals surface area contributed by atoms with Gasteiger partial charge in [-0.05, 0) is 55.0 Å². The van der Waals surface area contributed by atoms with Gasteiger partial charge >= 0.3 is 5.97 Å². The van der Waals surface area contributed by atoms with E-state index in [1.165, 1.54) is 7.11 Å². The minimum atomic E-state index is -0.885. The largest absolute Gasteiger partial charge is 0.463 e. The first-order valence-corrected chi connectivity index (χ1v) is 6.56. The number of methoxy groups -OCH3 is 1. The molecule has 0 aliphatic heterocycles. The van der Waals surface area contributed by atoms with Gasteiger partial charge in [-0.25, -0.2) is 4.79 Å². The molecule has 2 aromatic rings. The average Bonchev–Trinajstić information content (AvgIpc) is 2.48. The lowest BCUT2D eigenvalue weighted by Gasteiger charge is -2.09. The van der Waals surface area contributed by atoms with Crippen LogP contribution < -0.4 is 4.74 Å². The number of Topliss-reactive ketones (excluding diaryl/α,β-unsaturated/α-hetero) is 1. The van der Waals surface area contributed by atoms with Crippen LogP contribution in [0.2, 0.25) is 5.02 Å². The highest BCUT2D eigenvalue weighted by atomic mass is 35.5. The Labute approximate surface area is 127 Å². The Balaban J connectivity index is 2.21. The standard InChI is InChI=1S/C16H13ClO4/c1-10-9-13(21-12-5-3-11(17)4-6-12)7-8-14(10)15(18)16(19)20-2/h3-9H,1-2H3. The summed E-state index contributed by atoms with van der Waals surface area (Å²) in [5, 5.41) is 0.623. The van der Waals surface area contributed by atoms with Gasteiger partial charge < -0.3 is 9.47 Å². The highest BCUT2D eigenvalue weighted by Gasteiger charge is 2.18. The molecular formula is C16H13ClO4. The number of hydrogen-bond acceptors (Lipinski definition) is 4. The molecule has 4 nitrogen and oxygen atoms in total. The highest BCUT2D eigenvalue weighted by Crippen LogP contribution is 2.25. The molecule has 0 heterocycles. The zero-order chi connectivity index (χ0) is 15.4. The lowest BCUT2D eigenvalue weighted by molar-refractivity contribution is -0.135. The minimum absolute atomic E-state index is 0.297. The van der Waals surface area contributed by atoms with Crippen LogP contribution in [0.1, 0.15) is 15.9 Å². The van der Waals surface area contributed by atoms with Gasteiger partial charge in [-0.3, -0.25) is 4.79 Å². The predicted octanol–water partition coefficient (Wildman–Crippen LogP) is 3.80. The van der Waals surface area contributed by atoms with E-state index < -0.39 is 11.8 Å². The number of carbonyl (C=O) groups is 2. The van der Waals surface area contributed by atoms with Crippen LogP contribution in [0, 0.1) is 6.92 Å². The van der Waals surface area contributed by atoms with Crippen molar-refractivity contribution >= 4 is 23.4 Å². The SMILES string of the molecule is COC(=O)C(=O)c1ccc(Oc2ccc(Cl)cc2)cc1C. The fourth-order valence-corrected chi connectivity index (χ4v) is 1.92. The van der Waals surface area contributed by atoms with Gasteiger partial charge in [0, 0.05) is 10.6 Å². The van der Waals surface area contributed by atoms with Crippen molar-refractivity contribution in [2.75, 3.05) is 7.11 Å². The van der Waals surface area contributed by atoms with Crippen molar-refractivity contribution < 1.29 is 19.1 Å². The second-order valence-electron chi connectivity index (χ2n) is 4.35. The molecule has 0 saturated heterocycles. The molecule has 5 heteroatoms. The number of ether oxygens (including phenoxy) is 2. The third-order valence-corrected chi connectivity index (χ3v) is 3.11. The summed E-state index contributed by atoms with van der Waals surface area (Å²) < 4.78 is 10.1. The predicted molar refractivity (Wildman–Crippen MR) is 79.1 cm³/mol. The van der Waals surface area contributed by atoms with E-state index in [0.29, 0.717) is 27.6 Å². The first-order valence-electron chi connectivity index (χ1n) is 6.18. The third kappa shape index (κ3) is 3.61. The molecule has 0 fully saturated rings. The van der Waals surface area contributed by atoms with Gasteiger partial charge in [0.25, 0.3) is 5.78 Å². The fourth-order valence-electron chi connectivity index (χ4n) is 1.80. The van der Waals surface area contributed by atoms with Gasteiger partial charge in [0.2, 0.25) is 0 Å². The number of halogens is 1. The molecule has 2 aromatic carbocycles. The van der Waals surface area contributed by atoms with Gasteiger partial charge in [0.15, 0.2) is 0 Å². The Bertz CT molecular complexity index is 677. The molecule has 108 valence electrons. The fraction of sp³-hybridized carbons (Fsp3) is 0.125. The molecule has 0 radical (unpaired) electrons. The van der Waals surface area contributed by atoms with Crippen LogP contribution in [0.5, 0.6) is 11.5 Å². The van der Waals surface area contributed by atoms with Gasteiger partial charge in [-0.2, -0.15) is 0 Å². The summed E-state index contributed by atoms with van der Waals surface area (Å²) in [7, 11) is 1.17. The molecular weight excluding hydrogens is 292 g/mol. The maximum atomic E-state index is 11.8. The Morgan fingerprint density at radius 1 is 1.00 bits per heavy atom. The van der Waals surface area contributed by atoms with Gasteiger partial charge in [-0.15, -0.1) is 0 Å². The smallest absolute Gasteiger partial charge is 0.379 e. The summed E-state index contributed by atoms with van der Waals surface area (Å²) in [6, 6.07) is 11.8. The van der Waals surface area contributed by atoms with Crippen molar-refractivity contribution in [2.45, 2.75) is 6.92 Å². The first kappa shape index (κ1) is 15.1. The van der Waals surface area contributed by atoms with Crippen LogP contribution in [0.3, 0.4) is 0 Å². The molecule has 0 aliphatic rings. The van der Waals surface area contributed by atoms with Crippen LogP contribution in [-0.2, 0) is 9.53 Å². The molecule has 0 aliphatic carbocycles. The van der Waals surface area contributed by atoms with Gasteiger partial charge in [0.1, 0.15) is 11.5 Å². The second-order valence-corrected chi connectivity index (χ2v) is 4.79. The third-order valence-electron chi connectivity index (χ3n) is 2.86. The zero-order valence-corrected chi connectivity index (χ0v) is 12.3. The van der Waals surface area contributed by atoms with Crippen molar-refractivity contribution in [1.29, 1.82) is 0 Å². The molecule has 0 saturated carbocycles. The molecule has 21 heavy (non-hydrogen) atoms. The quantitative estimate of drug-likeness (QED) is 0.490. The van der Waals surface area contributed by atoms with E-state index in [2.05, 4.69) is 4.74 Å². The van der Waals surface area contributed by atoms with Crippen LogP contribution >= 0.6 is 11.6 Å². The van der Waals surface area contributed by atoms with Crippen molar-refractivity contribution in [3.05, 3.63) is 58.6 Å². The van der Waals surface area contributed by atoms with Gasteiger partial charge in [0.05, 0.1) is 7.11 Å². The molecule has 0 spiro atoms.